The third kappa shape index (κ3) is 2.65. The molecule has 1 amide bonds. The number of amides is 1. The summed E-state index contributed by atoms with van der Waals surface area (Å²) < 4.78 is 3.13. The van der Waals surface area contributed by atoms with E-state index in [4.69, 9.17) is 0 Å². The zero-order chi connectivity index (χ0) is 17.6. The molecule has 126 valence electrons. The minimum Gasteiger partial charge on any atom is -0.350 e. The number of anilines is 1. The Morgan fingerprint density at radius 2 is 1.64 bits per heavy atom. The Morgan fingerprint density at radius 1 is 0.920 bits per heavy atom. The molecule has 2 heterocycles. The molecule has 0 radical (unpaired) electrons. The van der Waals surface area contributed by atoms with E-state index in [0.29, 0.717) is 0 Å². The van der Waals surface area contributed by atoms with Gasteiger partial charge in [0, 0.05) is 42.2 Å². The van der Waals surface area contributed by atoms with Crippen LogP contribution in [-0.4, -0.2) is 29.5 Å². The number of carbonyl (C=O) groups excluding carboxylic acids is 1. The van der Waals surface area contributed by atoms with Gasteiger partial charge in [0.2, 0.25) is 0 Å². The summed E-state index contributed by atoms with van der Waals surface area (Å²) in [6.07, 6.45) is 3.99. The van der Waals surface area contributed by atoms with Gasteiger partial charge in [-0.25, -0.2) is 0 Å². The van der Waals surface area contributed by atoms with Crippen LogP contribution in [0, 0.1) is 0 Å². The highest BCUT2D eigenvalue weighted by Gasteiger charge is 2.34. The smallest absolute Gasteiger partial charge is 0.257 e. The molecule has 1 atom stereocenters. The largest absolute Gasteiger partial charge is 0.350 e. The first kappa shape index (κ1) is 16.0. The molecule has 1 aliphatic rings. The molecule has 0 unspecified atom stereocenters. The maximum Gasteiger partial charge on any atom is 0.257 e. The van der Waals surface area contributed by atoms with E-state index in [-0.39, 0.29) is 12.1 Å². The van der Waals surface area contributed by atoms with Crippen LogP contribution in [0.4, 0.5) is 5.69 Å². The number of halogens is 1. The highest BCUT2D eigenvalue weighted by Crippen LogP contribution is 2.36. The van der Waals surface area contributed by atoms with Gasteiger partial charge in [-0.1, -0.05) is 28.1 Å². The first-order valence-electron chi connectivity index (χ1n) is 8.09. The Hall–Kier alpha value is -2.53. The van der Waals surface area contributed by atoms with Gasteiger partial charge in [-0.3, -0.25) is 4.79 Å². The van der Waals surface area contributed by atoms with Crippen molar-refractivity contribution in [1.29, 1.82) is 0 Å². The standard InChI is InChI=1S/C20H18BrN3O/c1-22-18-6-4-3-5-17(18)20(25)23(2)19(22)14-11-12-24(13-14)16-9-7-15(21)8-10-16/h3-13,19H,1-2H3/t19-/m0/s1. The second-order valence-electron chi connectivity index (χ2n) is 6.25. The van der Waals surface area contributed by atoms with Crippen LogP contribution in [0.15, 0.2) is 71.5 Å². The quantitative estimate of drug-likeness (QED) is 0.640. The van der Waals surface area contributed by atoms with Crippen molar-refractivity contribution in [2.24, 2.45) is 0 Å². The fourth-order valence-corrected chi connectivity index (χ4v) is 3.71. The lowest BCUT2D eigenvalue weighted by Crippen LogP contribution is -2.45. The van der Waals surface area contributed by atoms with E-state index in [1.54, 1.807) is 4.90 Å². The van der Waals surface area contributed by atoms with Crippen molar-refractivity contribution in [1.82, 2.24) is 9.47 Å². The van der Waals surface area contributed by atoms with Crippen molar-refractivity contribution in [3.05, 3.63) is 82.6 Å². The molecule has 0 saturated carbocycles. The molecule has 1 aliphatic heterocycles. The van der Waals surface area contributed by atoms with Gasteiger partial charge in [-0.05, 0) is 42.5 Å². The molecular weight excluding hydrogens is 378 g/mol. The van der Waals surface area contributed by atoms with Gasteiger partial charge in [-0.2, -0.15) is 0 Å². The van der Waals surface area contributed by atoms with Gasteiger partial charge in [-0.15, -0.1) is 0 Å². The van der Waals surface area contributed by atoms with Gasteiger partial charge < -0.3 is 14.4 Å². The van der Waals surface area contributed by atoms with Gasteiger partial charge in [0.1, 0.15) is 6.17 Å². The molecule has 0 N–H and O–H groups in total. The summed E-state index contributed by atoms with van der Waals surface area (Å²) in [6.45, 7) is 0. The lowest BCUT2D eigenvalue weighted by Gasteiger charge is -2.41. The fraction of sp³-hybridized carbons (Fsp3) is 0.150. The Labute approximate surface area is 155 Å². The number of fused-ring (bicyclic) bond motifs is 1. The number of carbonyl (C=O) groups is 1. The van der Waals surface area contributed by atoms with E-state index in [1.807, 2.05) is 56.7 Å². The lowest BCUT2D eigenvalue weighted by atomic mass is 10.0. The molecule has 0 bridgehead atoms. The second-order valence-corrected chi connectivity index (χ2v) is 7.16. The number of para-hydroxylation sites is 1. The Bertz CT molecular complexity index is 932. The van der Waals surface area contributed by atoms with E-state index < -0.39 is 0 Å². The molecule has 0 aliphatic carbocycles. The van der Waals surface area contributed by atoms with Crippen molar-refractivity contribution in [3.63, 3.8) is 0 Å². The van der Waals surface area contributed by atoms with Crippen LogP contribution in [0.25, 0.3) is 5.69 Å². The van der Waals surface area contributed by atoms with Crippen LogP contribution < -0.4 is 4.90 Å². The van der Waals surface area contributed by atoms with Gasteiger partial charge in [0.25, 0.3) is 5.91 Å². The molecule has 1 aromatic heterocycles. The van der Waals surface area contributed by atoms with Crippen LogP contribution in [0.1, 0.15) is 22.1 Å². The van der Waals surface area contributed by atoms with Crippen molar-refractivity contribution in [2.75, 3.05) is 19.0 Å². The zero-order valence-corrected chi connectivity index (χ0v) is 15.6. The lowest BCUT2D eigenvalue weighted by molar-refractivity contribution is 0.0711. The average molecular weight is 396 g/mol. The summed E-state index contributed by atoms with van der Waals surface area (Å²) in [5.41, 5.74) is 3.88. The highest BCUT2D eigenvalue weighted by molar-refractivity contribution is 9.10. The Morgan fingerprint density at radius 3 is 2.40 bits per heavy atom. The van der Waals surface area contributed by atoms with E-state index in [9.17, 15) is 4.79 Å². The monoisotopic (exact) mass is 395 g/mol. The summed E-state index contributed by atoms with van der Waals surface area (Å²) in [5, 5.41) is 0. The minimum atomic E-state index is -0.126. The van der Waals surface area contributed by atoms with E-state index in [2.05, 4.69) is 49.8 Å². The zero-order valence-electron chi connectivity index (χ0n) is 14.1. The summed E-state index contributed by atoms with van der Waals surface area (Å²) in [6, 6.07) is 18.0. The molecule has 0 spiro atoms. The molecule has 2 aromatic carbocycles. The summed E-state index contributed by atoms with van der Waals surface area (Å²) in [7, 11) is 3.89. The topological polar surface area (TPSA) is 28.5 Å². The average Bonchev–Trinajstić information content (AvgIpc) is 3.10. The van der Waals surface area contributed by atoms with Crippen molar-refractivity contribution >= 4 is 27.5 Å². The van der Waals surface area contributed by atoms with Crippen molar-refractivity contribution in [2.45, 2.75) is 6.17 Å². The first-order valence-corrected chi connectivity index (χ1v) is 8.88. The molecule has 5 heteroatoms. The summed E-state index contributed by atoms with van der Waals surface area (Å²) in [5.74, 6) is 0.0510. The maximum absolute atomic E-state index is 12.7. The predicted octanol–water partition coefficient (Wildman–Crippen LogP) is 4.46. The number of hydrogen-bond acceptors (Lipinski definition) is 2. The number of nitrogens with zero attached hydrogens (tertiary/aromatic N) is 3. The third-order valence-electron chi connectivity index (χ3n) is 4.71. The molecule has 25 heavy (non-hydrogen) atoms. The van der Waals surface area contributed by atoms with Crippen molar-refractivity contribution < 1.29 is 4.79 Å². The molecule has 3 aromatic rings. The predicted molar refractivity (Wildman–Crippen MR) is 103 cm³/mol. The van der Waals surface area contributed by atoms with Crippen LogP contribution in [0.3, 0.4) is 0 Å². The summed E-state index contributed by atoms with van der Waals surface area (Å²) in [4.78, 5) is 16.7. The number of aromatic nitrogens is 1. The molecular formula is C20H18BrN3O. The minimum absolute atomic E-state index is 0.0510. The number of rotatable bonds is 2. The fourth-order valence-electron chi connectivity index (χ4n) is 3.44. The normalized spacial score (nSPS) is 16.9. The van der Waals surface area contributed by atoms with Gasteiger partial charge in [0.15, 0.2) is 0 Å². The van der Waals surface area contributed by atoms with E-state index >= 15 is 0 Å². The maximum atomic E-state index is 12.7. The summed E-state index contributed by atoms with van der Waals surface area (Å²) >= 11 is 3.46. The van der Waals surface area contributed by atoms with E-state index in [0.717, 1.165) is 27.0 Å². The van der Waals surface area contributed by atoms with Crippen LogP contribution in [0.5, 0.6) is 0 Å². The Balaban J connectivity index is 1.73. The van der Waals surface area contributed by atoms with Crippen LogP contribution in [0.2, 0.25) is 0 Å². The molecule has 0 fully saturated rings. The first-order chi connectivity index (χ1) is 12.1. The molecule has 4 rings (SSSR count). The molecule has 0 saturated heterocycles. The molecule has 4 nitrogen and oxygen atoms in total. The third-order valence-corrected chi connectivity index (χ3v) is 5.24. The SMILES string of the molecule is CN1C(=O)c2ccccc2N(C)[C@@H]1c1ccn(-c2ccc(Br)cc2)c1. The number of hydrogen-bond donors (Lipinski definition) is 0. The van der Waals surface area contributed by atoms with Crippen LogP contribution >= 0.6 is 15.9 Å². The van der Waals surface area contributed by atoms with Gasteiger partial charge in [0.05, 0.1) is 11.3 Å². The van der Waals surface area contributed by atoms with Crippen molar-refractivity contribution in [3.8, 4) is 5.69 Å². The van der Waals surface area contributed by atoms with Gasteiger partial charge >= 0.3 is 0 Å². The van der Waals surface area contributed by atoms with Crippen LogP contribution in [-0.2, 0) is 0 Å². The number of benzene rings is 2. The highest BCUT2D eigenvalue weighted by atomic mass is 79.9. The Kier molecular flexibility index (Phi) is 3.88. The van der Waals surface area contributed by atoms with E-state index in [1.165, 1.54) is 0 Å². The second kappa shape index (κ2) is 6.08.